The van der Waals surface area contributed by atoms with Crippen LogP contribution >= 0.6 is 0 Å². The van der Waals surface area contributed by atoms with E-state index < -0.39 is 11.8 Å². The SMILES string of the molecule is CC(=O)Nc1ccc(NC(=O)C(=O)N/N=C/c2cccc(OCc3ccccc3C)c2)cc1. The zero-order valence-corrected chi connectivity index (χ0v) is 18.3. The molecule has 0 unspecified atom stereocenters. The topological polar surface area (TPSA) is 109 Å². The minimum atomic E-state index is -0.913. The van der Waals surface area contributed by atoms with Gasteiger partial charge in [-0.05, 0) is 60.0 Å². The summed E-state index contributed by atoms with van der Waals surface area (Å²) in [7, 11) is 0. The predicted molar refractivity (Wildman–Crippen MR) is 127 cm³/mol. The Morgan fingerprint density at radius 3 is 2.27 bits per heavy atom. The van der Waals surface area contributed by atoms with Gasteiger partial charge in [0.05, 0.1) is 6.21 Å². The molecule has 0 saturated carbocycles. The van der Waals surface area contributed by atoms with Gasteiger partial charge < -0.3 is 15.4 Å². The monoisotopic (exact) mass is 444 g/mol. The summed E-state index contributed by atoms with van der Waals surface area (Å²) in [6.07, 6.45) is 1.42. The molecule has 0 saturated heterocycles. The number of ether oxygens (including phenoxy) is 1. The van der Waals surface area contributed by atoms with Crippen molar-refractivity contribution in [3.63, 3.8) is 0 Å². The summed E-state index contributed by atoms with van der Waals surface area (Å²) in [6, 6.07) is 21.6. The number of rotatable bonds is 7. The Morgan fingerprint density at radius 1 is 0.879 bits per heavy atom. The van der Waals surface area contributed by atoms with Crippen molar-refractivity contribution in [2.24, 2.45) is 5.10 Å². The van der Waals surface area contributed by atoms with Crippen LogP contribution in [0.15, 0.2) is 77.9 Å². The maximum atomic E-state index is 12.0. The quantitative estimate of drug-likeness (QED) is 0.294. The molecule has 0 spiro atoms. The summed E-state index contributed by atoms with van der Waals surface area (Å²) < 4.78 is 5.84. The number of hydrogen-bond acceptors (Lipinski definition) is 5. The van der Waals surface area contributed by atoms with Crippen LogP contribution in [0.2, 0.25) is 0 Å². The Bertz CT molecular complexity index is 1170. The Morgan fingerprint density at radius 2 is 1.58 bits per heavy atom. The van der Waals surface area contributed by atoms with E-state index in [0.717, 1.165) is 11.1 Å². The smallest absolute Gasteiger partial charge is 0.329 e. The number of carbonyl (C=O) groups excluding carboxylic acids is 3. The summed E-state index contributed by atoms with van der Waals surface area (Å²) in [6.45, 7) is 3.87. The zero-order chi connectivity index (χ0) is 23.6. The largest absolute Gasteiger partial charge is 0.489 e. The molecule has 8 nitrogen and oxygen atoms in total. The minimum absolute atomic E-state index is 0.201. The molecule has 0 aliphatic rings. The fourth-order valence-electron chi connectivity index (χ4n) is 2.86. The molecule has 3 amide bonds. The maximum absolute atomic E-state index is 12.0. The molecule has 0 aliphatic carbocycles. The molecule has 0 atom stereocenters. The third-order valence-electron chi connectivity index (χ3n) is 4.56. The van der Waals surface area contributed by atoms with Crippen LogP contribution < -0.4 is 20.8 Å². The number of benzene rings is 3. The lowest BCUT2D eigenvalue weighted by atomic mass is 10.1. The third kappa shape index (κ3) is 7.32. The molecule has 3 rings (SSSR count). The lowest BCUT2D eigenvalue weighted by Gasteiger charge is -2.09. The number of hydrogen-bond donors (Lipinski definition) is 3. The highest BCUT2D eigenvalue weighted by Gasteiger charge is 2.12. The number of hydrazone groups is 1. The van der Waals surface area contributed by atoms with Crippen molar-refractivity contribution < 1.29 is 19.1 Å². The molecule has 0 aromatic heterocycles. The number of aryl methyl sites for hydroxylation is 1. The molecule has 3 N–H and O–H groups in total. The van der Waals surface area contributed by atoms with E-state index >= 15 is 0 Å². The van der Waals surface area contributed by atoms with Gasteiger partial charge in [-0.15, -0.1) is 0 Å². The Labute approximate surface area is 191 Å². The first-order valence-electron chi connectivity index (χ1n) is 10.2. The second kappa shape index (κ2) is 11.2. The number of nitrogens with one attached hydrogen (secondary N) is 3. The molecular formula is C25H24N4O4. The van der Waals surface area contributed by atoms with Crippen LogP contribution in [-0.4, -0.2) is 23.9 Å². The first kappa shape index (κ1) is 23.2. The molecule has 3 aromatic rings. The van der Waals surface area contributed by atoms with Crippen molar-refractivity contribution in [1.82, 2.24) is 5.43 Å². The third-order valence-corrected chi connectivity index (χ3v) is 4.56. The van der Waals surface area contributed by atoms with Gasteiger partial charge in [0.25, 0.3) is 0 Å². The molecule has 8 heteroatoms. The first-order chi connectivity index (χ1) is 15.9. The van der Waals surface area contributed by atoms with E-state index in [0.29, 0.717) is 29.3 Å². The maximum Gasteiger partial charge on any atom is 0.329 e. The summed E-state index contributed by atoms with van der Waals surface area (Å²) in [4.78, 5) is 35.1. The first-order valence-corrected chi connectivity index (χ1v) is 10.2. The predicted octanol–water partition coefficient (Wildman–Crippen LogP) is 3.62. The lowest BCUT2D eigenvalue weighted by molar-refractivity contribution is -0.136. The van der Waals surface area contributed by atoms with Crippen LogP contribution in [0, 0.1) is 6.92 Å². The molecule has 0 bridgehead atoms. The molecule has 33 heavy (non-hydrogen) atoms. The van der Waals surface area contributed by atoms with Crippen molar-refractivity contribution in [3.05, 3.63) is 89.5 Å². The van der Waals surface area contributed by atoms with Gasteiger partial charge in [0, 0.05) is 18.3 Å². The molecule has 0 fully saturated rings. The fraction of sp³-hybridized carbons (Fsp3) is 0.120. The van der Waals surface area contributed by atoms with Crippen molar-refractivity contribution in [1.29, 1.82) is 0 Å². The highest BCUT2D eigenvalue weighted by molar-refractivity contribution is 6.39. The second-order valence-electron chi connectivity index (χ2n) is 7.20. The van der Waals surface area contributed by atoms with Gasteiger partial charge in [-0.25, -0.2) is 5.43 Å². The number of anilines is 2. The molecular weight excluding hydrogens is 420 g/mol. The highest BCUT2D eigenvalue weighted by atomic mass is 16.5. The van der Waals surface area contributed by atoms with E-state index in [9.17, 15) is 14.4 Å². The Kier molecular flexibility index (Phi) is 7.91. The van der Waals surface area contributed by atoms with Crippen molar-refractivity contribution >= 4 is 35.3 Å². The van der Waals surface area contributed by atoms with Gasteiger partial charge in [0.15, 0.2) is 0 Å². The zero-order valence-electron chi connectivity index (χ0n) is 18.3. The van der Waals surface area contributed by atoms with Gasteiger partial charge in [0.1, 0.15) is 12.4 Å². The standard InChI is InChI=1S/C25H24N4O4/c1-17-6-3-4-8-20(17)16-33-23-9-5-7-19(14-23)15-26-29-25(32)24(31)28-22-12-10-21(11-13-22)27-18(2)30/h3-15H,16H2,1-2H3,(H,27,30)(H,28,31)(H,29,32)/b26-15+. The van der Waals surface area contributed by atoms with Gasteiger partial charge in [0.2, 0.25) is 5.91 Å². The van der Waals surface area contributed by atoms with E-state index in [2.05, 4.69) is 21.2 Å². The summed E-state index contributed by atoms with van der Waals surface area (Å²) in [5.74, 6) is -1.32. The van der Waals surface area contributed by atoms with Crippen LogP contribution in [0.5, 0.6) is 5.75 Å². The van der Waals surface area contributed by atoms with Crippen molar-refractivity contribution in [2.45, 2.75) is 20.5 Å². The summed E-state index contributed by atoms with van der Waals surface area (Å²) in [5.41, 5.74) is 6.14. The van der Waals surface area contributed by atoms with Gasteiger partial charge in [-0.2, -0.15) is 5.10 Å². The molecule has 3 aromatic carbocycles. The van der Waals surface area contributed by atoms with Gasteiger partial charge >= 0.3 is 11.8 Å². The van der Waals surface area contributed by atoms with E-state index in [1.807, 2.05) is 43.3 Å². The Balaban J connectivity index is 1.50. The van der Waals surface area contributed by atoms with Crippen LogP contribution in [0.1, 0.15) is 23.6 Å². The summed E-state index contributed by atoms with van der Waals surface area (Å²) >= 11 is 0. The minimum Gasteiger partial charge on any atom is -0.489 e. The van der Waals surface area contributed by atoms with Gasteiger partial charge in [-0.3, -0.25) is 14.4 Å². The van der Waals surface area contributed by atoms with Crippen molar-refractivity contribution in [3.8, 4) is 5.75 Å². The number of carbonyl (C=O) groups is 3. The summed E-state index contributed by atoms with van der Waals surface area (Å²) in [5, 5.41) is 8.91. The fourth-order valence-corrected chi connectivity index (χ4v) is 2.86. The van der Waals surface area contributed by atoms with Gasteiger partial charge in [-0.1, -0.05) is 36.4 Å². The number of nitrogens with zero attached hydrogens (tertiary/aromatic N) is 1. The average molecular weight is 444 g/mol. The van der Waals surface area contributed by atoms with Crippen molar-refractivity contribution in [2.75, 3.05) is 10.6 Å². The highest BCUT2D eigenvalue weighted by Crippen LogP contribution is 2.16. The van der Waals surface area contributed by atoms with Crippen LogP contribution in [-0.2, 0) is 21.0 Å². The van der Waals surface area contributed by atoms with E-state index in [4.69, 9.17) is 4.74 Å². The lowest BCUT2D eigenvalue weighted by Crippen LogP contribution is -2.32. The van der Waals surface area contributed by atoms with Crippen LogP contribution in [0.25, 0.3) is 0 Å². The second-order valence-corrected chi connectivity index (χ2v) is 7.20. The van der Waals surface area contributed by atoms with E-state index in [1.165, 1.54) is 13.1 Å². The van der Waals surface area contributed by atoms with E-state index in [1.54, 1.807) is 36.4 Å². The van der Waals surface area contributed by atoms with E-state index in [-0.39, 0.29) is 5.91 Å². The molecule has 168 valence electrons. The molecule has 0 heterocycles. The average Bonchev–Trinajstić information content (AvgIpc) is 2.79. The normalized spacial score (nSPS) is 10.5. The molecule has 0 aliphatic heterocycles. The molecule has 0 radical (unpaired) electrons. The Hall–Kier alpha value is -4.46. The van der Waals surface area contributed by atoms with Crippen LogP contribution in [0.3, 0.4) is 0 Å². The number of amides is 3. The van der Waals surface area contributed by atoms with Crippen LogP contribution in [0.4, 0.5) is 11.4 Å².